The molecule has 0 saturated heterocycles. The molecule has 0 aliphatic carbocycles. The summed E-state index contributed by atoms with van der Waals surface area (Å²) in [6, 6.07) is 3.65. The van der Waals surface area contributed by atoms with Crippen molar-refractivity contribution in [3.05, 3.63) is 63.9 Å². The van der Waals surface area contributed by atoms with Gasteiger partial charge in [-0.1, -0.05) is 17.7 Å². The zero-order valence-corrected chi connectivity index (χ0v) is 14.2. The van der Waals surface area contributed by atoms with Crippen molar-refractivity contribution in [2.24, 2.45) is 0 Å². The number of ether oxygens (including phenoxy) is 1. The summed E-state index contributed by atoms with van der Waals surface area (Å²) in [5.74, 6) is -10.4. The van der Waals surface area contributed by atoms with E-state index in [9.17, 15) is 31.5 Å². The summed E-state index contributed by atoms with van der Waals surface area (Å²) < 4.78 is 70.3. The van der Waals surface area contributed by atoms with Gasteiger partial charge in [-0.2, -0.15) is 8.78 Å². The first kappa shape index (κ1) is 20.6. The number of benzene rings is 2. The van der Waals surface area contributed by atoms with Gasteiger partial charge in [-0.25, -0.2) is 13.2 Å². The average molecular weight is 408 g/mol. The van der Waals surface area contributed by atoms with Crippen LogP contribution in [0.4, 0.5) is 22.0 Å². The third-order valence-electron chi connectivity index (χ3n) is 3.28. The highest BCUT2D eigenvalue weighted by molar-refractivity contribution is 6.30. The number of rotatable bonds is 7. The van der Waals surface area contributed by atoms with Crippen molar-refractivity contribution in [3.63, 3.8) is 0 Å². The summed E-state index contributed by atoms with van der Waals surface area (Å²) in [5, 5.41) is 2.04. The van der Waals surface area contributed by atoms with Crippen LogP contribution in [0.15, 0.2) is 24.3 Å². The molecule has 0 atom stereocenters. The number of Topliss-reactive ketones (excluding diaryl/α,β-unsaturated/α-hetero) is 1. The molecule has 2 aromatic rings. The van der Waals surface area contributed by atoms with E-state index in [1.807, 2.05) is 0 Å². The average Bonchev–Trinajstić information content (AvgIpc) is 2.61. The van der Waals surface area contributed by atoms with E-state index in [-0.39, 0.29) is 17.5 Å². The van der Waals surface area contributed by atoms with Crippen molar-refractivity contribution in [1.29, 1.82) is 0 Å². The topological polar surface area (TPSA) is 55.4 Å². The Kier molecular flexibility index (Phi) is 6.73. The number of hydrogen-bond donors (Lipinski definition) is 1. The Balaban J connectivity index is 1.86. The second kappa shape index (κ2) is 8.81. The third-order valence-corrected chi connectivity index (χ3v) is 3.57. The van der Waals surface area contributed by atoms with Gasteiger partial charge in [0.25, 0.3) is 0 Å². The largest absolute Gasteiger partial charge is 0.479 e. The van der Waals surface area contributed by atoms with Crippen molar-refractivity contribution in [3.8, 4) is 5.75 Å². The van der Waals surface area contributed by atoms with Crippen LogP contribution in [0.5, 0.6) is 5.75 Å². The Morgan fingerprint density at radius 3 is 2.19 bits per heavy atom. The quantitative estimate of drug-likeness (QED) is 0.566. The highest BCUT2D eigenvalue weighted by atomic mass is 35.5. The minimum absolute atomic E-state index is 0.00127. The molecule has 0 saturated carbocycles. The molecule has 1 N–H and O–H groups in total. The molecular formula is C17H11ClF5NO3. The van der Waals surface area contributed by atoms with Gasteiger partial charge >= 0.3 is 0 Å². The highest BCUT2D eigenvalue weighted by Crippen LogP contribution is 2.26. The second-order valence-electron chi connectivity index (χ2n) is 5.33. The lowest BCUT2D eigenvalue weighted by Gasteiger charge is -2.09. The van der Waals surface area contributed by atoms with E-state index in [1.54, 1.807) is 0 Å². The van der Waals surface area contributed by atoms with E-state index >= 15 is 0 Å². The van der Waals surface area contributed by atoms with E-state index in [4.69, 9.17) is 11.6 Å². The summed E-state index contributed by atoms with van der Waals surface area (Å²) >= 11 is 5.58. The summed E-state index contributed by atoms with van der Waals surface area (Å²) in [7, 11) is 0. The minimum atomic E-state index is -1.78. The van der Waals surface area contributed by atoms with E-state index in [0.717, 1.165) is 6.07 Å². The Bertz CT molecular complexity index is 865. The molecule has 0 spiro atoms. The fourth-order valence-corrected chi connectivity index (χ4v) is 2.18. The fraction of sp³-hybridized carbons (Fsp3) is 0.176. The lowest BCUT2D eigenvalue weighted by Crippen LogP contribution is -2.33. The number of carbonyl (C=O) groups is 2. The lowest BCUT2D eigenvalue weighted by atomic mass is 10.1. The van der Waals surface area contributed by atoms with Crippen LogP contribution in [-0.4, -0.2) is 24.8 Å². The van der Waals surface area contributed by atoms with Crippen LogP contribution in [0.1, 0.15) is 5.56 Å². The van der Waals surface area contributed by atoms with Crippen molar-refractivity contribution in [2.75, 3.05) is 13.2 Å². The van der Waals surface area contributed by atoms with Crippen molar-refractivity contribution < 1.29 is 36.3 Å². The van der Waals surface area contributed by atoms with Gasteiger partial charge in [0.15, 0.2) is 23.2 Å². The molecule has 0 bridgehead atoms. The van der Waals surface area contributed by atoms with E-state index < -0.39 is 59.7 Å². The molecule has 27 heavy (non-hydrogen) atoms. The van der Waals surface area contributed by atoms with Crippen LogP contribution in [0.2, 0.25) is 5.02 Å². The molecule has 1 amide bonds. The zero-order chi connectivity index (χ0) is 20.1. The SMILES string of the molecule is O=C(CNC(=O)Cc1ccc(F)c(Cl)c1)COc1c(F)c(F)cc(F)c1F. The van der Waals surface area contributed by atoms with Gasteiger partial charge in [-0.05, 0) is 17.7 Å². The van der Waals surface area contributed by atoms with Crippen LogP contribution >= 0.6 is 11.6 Å². The van der Waals surface area contributed by atoms with Crippen LogP contribution < -0.4 is 10.1 Å². The van der Waals surface area contributed by atoms with Crippen LogP contribution in [0, 0.1) is 29.1 Å². The number of carbonyl (C=O) groups excluding carboxylic acids is 2. The number of hydrogen-bond acceptors (Lipinski definition) is 3. The predicted octanol–water partition coefficient (Wildman–Crippen LogP) is 3.34. The molecule has 2 rings (SSSR count). The van der Waals surface area contributed by atoms with Gasteiger partial charge in [0.1, 0.15) is 12.4 Å². The van der Waals surface area contributed by atoms with Gasteiger partial charge in [0.2, 0.25) is 17.5 Å². The lowest BCUT2D eigenvalue weighted by molar-refractivity contribution is -0.125. The first-order valence-electron chi connectivity index (χ1n) is 7.37. The first-order chi connectivity index (χ1) is 12.7. The molecule has 0 heterocycles. The van der Waals surface area contributed by atoms with Crippen molar-refractivity contribution in [2.45, 2.75) is 6.42 Å². The summed E-state index contributed by atoms with van der Waals surface area (Å²) in [4.78, 5) is 23.3. The molecular weight excluding hydrogens is 397 g/mol. The second-order valence-corrected chi connectivity index (χ2v) is 5.73. The van der Waals surface area contributed by atoms with Gasteiger partial charge in [-0.3, -0.25) is 9.59 Å². The Morgan fingerprint density at radius 2 is 1.59 bits per heavy atom. The molecule has 0 aromatic heterocycles. The molecule has 10 heteroatoms. The summed E-state index contributed by atoms with van der Waals surface area (Å²) in [5.41, 5.74) is 0.391. The fourth-order valence-electron chi connectivity index (χ4n) is 1.98. The normalized spacial score (nSPS) is 10.6. The zero-order valence-electron chi connectivity index (χ0n) is 13.4. The van der Waals surface area contributed by atoms with Gasteiger partial charge in [0, 0.05) is 6.07 Å². The molecule has 0 aliphatic rings. The number of halogens is 6. The molecule has 0 fully saturated rings. The summed E-state index contributed by atoms with van der Waals surface area (Å²) in [6.07, 6.45) is -0.202. The Morgan fingerprint density at radius 1 is 0.963 bits per heavy atom. The maximum Gasteiger partial charge on any atom is 0.224 e. The van der Waals surface area contributed by atoms with Gasteiger partial charge in [-0.15, -0.1) is 0 Å². The summed E-state index contributed by atoms with van der Waals surface area (Å²) in [6.45, 7) is -1.49. The smallest absolute Gasteiger partial charge is 0.224 e. The first-order valence-corrected chi connectivity index (χ1v) is 7.75. The number of amides is 1. The van der Waals surface area contributed by atoms with E-state index in [1.165, 1.54) is 12.1 Å². The third kappa shape index (κ3) is 5.40. The molecule has 144 valence electrons. The molecule has 0 unspecified atom stereocenters. The predicted molar refractivity (Wildman–Crippen MR) is 84.9 cm³/mol. The Hall–Kier alpha value is -2.68. The van der Waals surface area contributed by atoms with Crippen LogP contribution in [-0.2, 0) is 16.0 Å². The maximum atomic E-state index is 13.4. The van der Waals surface area contributed by atoms with Crippen LogP contribution in [0.3, 0.4) is 0 Å². The molecule has 0 aliphatic heterocycles. The van der Waals surface area contributed by atoms with E-state index in [2.05, 4.69) is 10.1 Å². The van der Waals surface area contributed by atoms with Gasteiger partial charge < -0.3 is 10.1 Å². The van der Waals surface area contributed by atoms with Gasteiger partial charge in [0.05, 0.1) is 18.0 Å². The highest BCUT2D eigenvalue weighted by Gasteiger charge is 2.21. The monoisotopic (exact) mass is 407 g/mol. The number of nitrogens with one attached hydrogen (secondary N) is 1. The molecule has 4 nitrogen and oxygen atoms in total. The molecule has 0 radical (unpaired) electrons. The molecule has 2 aromatic carbocycles. The van der Waals surface area contributed by atoms with E-state index in [0.29, 0.717) is 5.56 Å². The number of ketones is 1. The van der Waals surface area contributed by atoms with Crippen molar-refractivity contribution in [1.82, 2.24) is 5.32 Å². The minimum Gasteiger partial charge on any atom is -0.479 e. The van der Waals surface area contributed by atoms with Crippen molar-refractivity contribution >= 4 is 23.3 Å². The Labute approximate surface area is 154 Å². The standard InChI is InChI=1S/C17H11ClF5NO3/c18-10-3-8(1-2-11(10)19)4-14(26)24-6-9(25)7-27-17-15(22)12(20)5-13(21)16(17)23/h1-3,5H,4,6-7H2,(H,24,26). The maximum absolute atomic E-state index is 13.4. The van der Waals surface area contributed by atoms with Crippen LogP contribution in [0.25, 0.3) is 0 Å².